The first-order valence-corrected chi connectivity index (χ1v) is 7.90. The number of nitrogens with one attached hydrogen (secondary N) is 2. The molecule has 7 heteroatoms. The van der Waals surface area contributed by atoms with Gasteiger partial charge in [-0.1, -0.05) is 0 Å². The molecule has 0 bridgehead atoms. The Labute approximate surface area is 140 Å². The number of nitrogens with zero attached hydrogens (tertiary/aromatic N) is 2. The number of amides is 1. The normalized spacial score (nSPS) is 13.2. The smallest absolute Gasteiger partial charge is 0.272 e. The molecule has 0 aliphatic heterocycles. The van der Waals surface area contributed by atoms with Crippen LogP contribution in [-0.2, 0) is 0 Å². The van der Waals surface area contributed by atoms with E-state index in [9.17, 15) is 4.79 Å². The van der Waals surface area contributed by atoms with Crippen molar-refractivity contribution < 1.29 is 14.3 Å². The summed E-state index contributed by atoms with van der Waals surface area (Å²) in [7, 11) is 1.63. The van der Waals surface area contributed by atoms with Crippen molar-refractivity contribution in [1.82, 2.24) is 15.5 Å². The molecular formula is C17H20N4O3. The Hall–Kier alpha value is -2.83. The highest BCUT2D eigenvalue weighted by Gasteiger charge is 2.24. The third-order valence-corrected chi connectivity index (χ3v) is 3.55. The summed E-state index contributed by atoms with van der Waals surface area (Å²) >= 11 is 0. The molecule has 0 radical (unpaired) electrons. The average molecular weight is 328 g/mol. The monoisotopic (exact) mass is 328 g/mol. The van der Waals surface area contributed by atoms with Crippen molar-refractivity contribution in [3.63, 3.8) is 0 Å². The van der Waals surface area contributed by atoms with Gasteiger partial charge in [0.2, 0.25) is 0 Å². The van der Waals surface area contributed by atoms with Gasteiger partial charge in [0.25, 0.3) is 5.91 Å². The number of rotatable bonds is 8. The molecule has 24 heavy (non-hydrogen) atoms. The second-order valence-electron chi connectivity index (χ2n) is 5.50. The maximum absolute atomic E-state index is 11.8. The summed E-state index contributed by atoms with van der Waals surface area (Å²) in [6, 6.07) is 11.1. The highest BCUT2D eigenvalue weighted by Crippen LogP contribution is 2.19. The van der Waals surface area contributed by atoms with Crippen LogP contribution in [0.5, 0.6) is 11.5 Å². The van der Waals surface area contributed by atoms with Crippen molar-refractivity contribution in [3.05, 3.63) is 42.1 Å². The lowest BCUT2D eigenvalue weighted by atomic mass is 10.3. The van der Waals surface area contributed by atoms with Crippen molar-refractivity contribution in [2.45, 2.75) is 18.9 Å². The number of hydrogen-bond donors (Lipinski definition) is 2. The number of carbonyl (C=O) groups is 1. The molecule has 1 aromatic heterocycles. The van der Waals surface area contributed by atoms with Gasteiger partial charge in [-0.3, -0.25) is 4.79 Å². The minimum absolute atomic E-state index is 0.167. The van der Waals surface area contributed by atoms with Crippen LogP contribution in [0.4, 0.5) is 5.82 Å². The molecule has 7 nitrogen and oxygen atoms in total. The molecule has 0 unspecified atom stereocenters. The zero-order valence-electron chi connectivity index (χ0n) is 13.5. The maximum atomic E-state index is 11.8. The van der Waals surface area contributed by atoms with Gasteiger partial charge in [0.15, 0.2) is 5.69 Å². The first-order chi connectivity index (χ1) is 11.7. The summed E-state index contributed by atoms with van der Waals surface area (Å²) in [5.41, 5.74) is 0.335. The molecular weight excluding hydrogens is 308 g/mol. The van der Waals surface area contributed by atoms with Gasteiger partial charge in [0.05, 0.1) is 13.7 Å². The number of methoxy groups -OCH3 is 1. The summed E-state index contributed by atoms with van der Waals surface area (Å²) in [4.78, 5) is 11.8. The molecule has 1 fully saturated rings. The van der Waals surface area contributed by atoms with Crippen LogP contribution in [0, 0.1) is 0 Å². The predicted molar refractivity (Wildman–Crippen MR) is 89.5 cm³/mol. The Kier molecular flexibility index (Phi) is 5.10. The number of ether oxygens (including phenoxy) is 2. The Morgan fingerprint density at radius 1 is 1.12 bits per heavy atom. The van der Waals surface area contributed by atoms with Crippen LogP contribution in [0.25, 0.3) is 0 Å². The first kappa shape index (κ1) is 16.0. The summed E-state index contributed by atoms with van der Waals surface area (Å²) in [6.45, 7) is 1.06. The van der Waals surface area contributed by atoms with Crippen molar-refractivity contribution in [2.24, 2.45) is 0 Å². The Bertz CT molecular complexity index is 669. The van der Waals surface area contributed by atoms with E-state index in [-0.39, 0.29) is 5.91 Å². The van der Waals surface area contributed by atoms with E-state index in [0.29, 0.717) is 30.7 Å². The number of benzene rings is 1. The van der Waals surface area contributed by atoms with Gasteiger partial charge in [-0.25, -0.2) is 0 Å². The molecule has 1 aliphatic rings. The molecule has 1 amide bonds. The largest absolute Gasteiger partial charge is 0.497 e. The Morgan fingerprint density at radius 2 is 1.88 bits per heavy atom. The summed E-state index contributed by atoms with van der Waals surface area (Å²) in [6.07, 6.45) is 2.10. The molecule has 1 heterocycles. The van der Waals surface area contributed by atoms with E-state index in [4.69, 9.17) is 9.47 Å². The molecule has 1 aromatic carbocycles. The molecule has 0 saturated heterocycles. The van der Waals surface area contributed by atoms with Gasteiger partial charge in [-0.05, 0) is 49.2 Å². The minimum atomic E-state index is -0.167. The quantitative estimate of drug-likeness (QED) is 0.720. The molecule has 126 valence electrons. The molecule has 0 spiro atoms. The first-order valence-electron chi connectivity index (χ1n) is 7.90. The van der Waals surface area contributed by atoms with Crippen LogP contribution in [0.3, 0.4) is 0 Å². The molecule has 0 atom stereocenters. The van der Waals surface area contributed by atoms with E-state index >= 15 is 0 Å². The highest BCUT2D eigenvalue weighted by atomic mass is 16.5. The van der Waals surface area contributed by atoms with E-state index in [2.05, 4.69) is 20.8 Å². The van der Waals surface area contributed by atoms with Crippen LogP contribution >= 0.6 is 0 Å². The van der Waals surface area contributed by atoms with E-state index in [1.54, 1.807) is 19.2 Å². The second kappa shape index (κ2) is 7.63. The lowest BCUT2D eigenvalue weighted by Gasteiger charge is -2.08. The fourth-order valence-corrected chi connectivity index (χ4v) is 2.05. The highest BCUT2D eigenvalue weighted by molar-refractivity contribution is 5.92. The van der Waals surface area contributed by atoms with E-state index in [1.807, 2.05) is 24.3 Å². The van der Waals surface area contributed by atoms with Crippen molar-refractivity contribution in [3.8, 4) is 11.5 Å². The van der Waals surface area contributed by atoms with Gasteiger partial charge in [0, 0.05) is 6.04 Å². The van der Waals surface area contributed by atoms with E-state index < -0.39 is 0 Å². The number of carbonyl (C=O) groups excluding carboxylic acids is 1. The SMILES string of the molecule is COc1ccc(OCCNc2ccc(C(=O)NC3CC3)nn2)cc1. The fourth-order valence-electron chi connectivity index (χ4n) is 2.05. The third kappa shape index (κ3) is 4.58. The lowest BCUT2D eigenvalue weighted by Crippen LogP contribution is -2.26. The average Bonchev–Trinajstić information content (AvgIpc) is 3.44. The summed E-state index contributed by atoms with van der Waals surface area (Å²) in [5, 5.41) is 13.9. The Morgan fingerprint density at radius 3 is 2.50 bits per heavy atom. The predicted octanol–water partition coefficient (Wildman–Crippen LogP) is 1.87. The molecule has 1 aliphatic carbocycles. The van der Waals surface area contributed by atoms with Crippen LogP contribution in [0.15, 0.2) is 36.4 Å². The van der Waals surface area contributed by atoms with Gasteiger partial charge in [-0.15, -0.1) is 10.2 Å². The minimum Gasteiger partial charge on any atom is -0.497 e. The summed E-state index contributed by atoms with van der Waals surface area (Å²) in [5.74, 6) is 2.01. The van der Waals surface area contributed by atoms with Gasteiger partial charge in [-0.2, -0.15) is 0 Å². The van der Waals surface area contributed by atoms with E-state index in [1.165, 1.54) is 0 Å². The maximum Gasteiger partial charge on any atom is 0.272 e. The van der Waals surface area contributed by atoms with Crippen molar-refractivity contribution in [1.29, 1.82) is 0 Å². The molecule has 3 rings (SSSR count). The molecule has 1 saturated carbocycles. The van der Waals surface area contributed by atoms with Crippen LogP contribution < -0.4 is 20.1 Å². The van der Waals surface area contributed by atoms with Crippen LogP contribution in [0.1, 0.15) is 23.3 Å². The topological polar surface area (TPSA) is 85.4 Å². The molecule has 2 N–H and O–H groups in total. The zero-order valence-corrected chi connectivity index (χ0v) is 13.5. The van der Waals surface area contributed by atoms with Crippen LogP contribution in [0.2, 0.25) is 0 Å². The molecule has 2 aromatic rings. The van der Waals surface area contributed by atoms with Crippen molar-refractivity contribution >= 4 is 11.7 Å². The lowest BCUT2D eigenvalue weighted by molar-refractivity contribution is 0.0945. The van der Waals surface area contributed by atoms with Gasteiger partial charge in [0.1, 0.15) is 23.9 Å². The standard InChI is InChI=1S/C17H20N4O3/c1-23-13-4-6-14(7-5-13)24-11-10-18-16-9-8-15(20-21-16)17(22)19-12-2-3-12/h4-9,12H,2-3,10-11H2,1H3,(H,18,21)(H,19,22). The van der Waals surface area contributed by atoms with Crippen LogP contribution in [-0.4, -0.2) is 42.4 Å². The second-order valence-corrected chi connectivity index (χ2v) is 5.50. The van der Waals surface area contributed by atoms with Gasteiger partial charge < -0.3 is 20.1 Å². The number of hydrogen-bond acceptors (Lipinski definition) is 6. The number of aromatic nitrogens is 2. The zero-order chi connectivity index (χ0) is 16.8. The Balaban J connectivity index is 1.40. The van der Waals surface area contributed by atoms with E-state index in [0.717, 1.165) is 24.3 Å². The third-order valence-electron chi connectivity index (χ3n) is 3.55. The van der Waals surface area contributed by atoms with Gasteiger partial charge >= 0.3 is 0 Å². The van der Waals surface area contributed by atoms with Crippen molar-refractivity contribution in [2.75, 3.05) is 25.6 Å². The fraction of sp³-hybridized carbons (Fsp3) is 0.353. The number of anilines is 1. The summed E-state index contributed by atoms with van der Waals surface area (Å²) < 4.78 is 10.7.